The molecule has 3 aromatic rings. The average Bonchev–Trinajstić information content (AvgIpc) is 2.53. The summed E-state index contributed by atoms with van der Waals surface area (Å²) in [6.45, 7) is 4.98. The molecule has 0 unspecified atom stereocenters. The number of rotatable bonds is 4. The Balaban J connectivity index is 1.69. The first-order chi connectivity index (χ1) is 10.2. The first kappa shape index (κ1) is 13.7. The highest BCUT2D eigenvalue weighted by atomic mass is 14.9. The van der Waals surface area contributed by atoms with Crippen LogP contribution in [0.15, 0.2) is 54.7 Å². The lowest BCUT2D eigenvalue weighted by molar-refractivity contribution is 0.567. The molecule has 1 heterocycles. The van der Waals surface area contributed by atoms with Crippen LogP contribution in [0.1, 0.15) is 29.8 Å². The smallest absolute Gasteiger partial charge is 0.0890 e. The van der Waals surface area contributed by atoms with E-state index in [0.29, 0.717) is 12.6 Å². The molecule has 0 saturated carbocycles. The number of aromatic nitrogens is 2. The second-order valence-electron chi connectivity index (χ2n) is 5.36. The van der Waals surface area contributed by atoms with Gasteiger partial charge in [0.25, 0.3) is 0 Å². The van der Waals surface area contributed by atoms with E-state index in [0.717, 1.165) is 16.7 Å². The highest BCUT2D eigenvalue weighted by Gasteiger charge is 2.05. The third-order valence-electron chi connectivity index (χ3n) is 3.67. The Morgan fingerprint density at radius 1 is 1.00 bits per heavy atom. The Kier molecular flexibility index (Phi) is 3.93. The van der Waals surface area contributed by atoms with Gasteiger partial charge in [0.1, 0.15) is 0 Å². The molecule has 3 nitrogen and oxygen atoms in total. The molecule has 0 aliphatic rings. The maximum absolute atomic E-state index is 4.63. The summed E-state index contributed by atoms with van der Waals surface area (Å²) in [7, 11) is 0. The molecule has 1 aromatic heterocycles. The Bertz CT molecular complexity index is 735. The van der Waals surface area contributed by atoms with E-state index in [4.69, 9.17) is 0 Å². The molecule has 2 aromatic carbocycles. The molecular formula is C18H19N3. The molecule has 106 valence electrons. The summed E-state index contributed by atoms with van der Waals surface area (Å²) in [5, 5.41) is 3.50. The molecule has 0 radical (unpaired) electrons. The number of nitrogens with one attached hydrogen (secondary N) is 1. The summed E-state index contributed by atoms with van der Waals surface area (Å²) >= 11 is 0. The number of nitrogens with zero attached hydrogens (tertiary/aromatic N) is 2. The first-order valence-electron chi connectivity index (χ1n) is 7.23. The molecular weight excluding hydrogens is 258 g/mol. The molecule has 3 heteroatoms. The third-order valence-corrected chi connectivity index (χ3v) is 3.67. The fraction of sp³-hybridized carbons (Fsp3) is 0.222. The summed E-state index contributed by atoms with van der Waals surface area (Å²) in [5.41, 5.74) is 5.42. The fourth-order valence-electron chi connectivity index (χ4n) is 2.31. The van der Waals surface area contributed by atoms with E-state index in [9.17, 15) is 0 Å². The normalized spacial score (nSPS) is 12.5. The minimum absolute atomic E-state index is 0.291. The zero-order chi connectivity index (χ0) is 14.7. The molecule has 3 rings (SSSR count). The predicted octanol–water partition coefficient (Wildman–Crippen LogP) is 3.79. The van der Waals surface area contributed by atoms with Crippen LogP contribution in [-0.4, -0.2) is 9.97 Å². The van der Waals surface area contributed by atoms with Gasteiger partial charge in [-0.1, -0.05) is 42.0 Å². The van der Waals surface area contributed by atoms with Crippen molar-refractivity contribution in [3.63, 3.8) is 0 Å². The van der Waals surface area contributed by atoms with Crippen LogP contribution < -0.4 is 5.32 Å². The lowest BCUT2D eigenvalue weighted by Crippen LogP contribution is -2.18. The van der Waals surface area contributed by atoms with Crippen LogP contribution in [-0.2, 0) is 6.54 Å². The largest absolute Gasteiger partial charge is 0.305 e. The van der Waals surface area contributed by atoms with E-state index < -0.39 is 0 Å². The maximum atomic E-state index is 4.63. The van der Waals surface area contributed by atoms with Crippen LogP contribution in [0.3, 0.4) is 0 Å². The van der Waals surface area contributed by atoms with E-state index >= 15 is 0 Å². The molecule has 1 N–H and O–H groups in total. The fourth-order valence-corrected chi connectivity index (χ4v) is 2.31. The summed E-state index contributed by atoms with van der Waals surface area (Å²) in [6, 6.07) is 16.9. The van der Waals surface area contributed by atoms with Gasteiger partial charge in [-0.25, -0.2) is 4.98 Å². The molecule has 0 fully saturated rings. The van der Waals surface area contributed by atoms with Gasteiger partial charge in [0.05, 0.1) is 22.9 Å². The monoisotopic (exact) mass is 277 g/mol. The summed E-state index contributed by atoms with van der Waals surface area (Å²) in [4.78, 5) is 9.07. The minimum atomic E-state index is 0.291. The van der Waals surface area contributed by atoms with Crippen molar-refractivity contribution >= 4 is 11.0 Å². The van der Waals surface area contributed by atoms with Crippen molar-refractivity contribution in [3.05, 3.63) is 71.5 Å². The van der Waals surface area contributed by atoms with Crippen molar-refractivity contribution in [1.29, 1.82) is 0 Å². The summed E-state index contributed by atoms with van der Waals surface area (Å²) < 4.78 is 0. The molecule has 0 spiro atoms. The maximum Gasteiger partial charge on any atom is 0.0890 e. The molecule has 21 heavy (non-hydrogen) atoms. The van der Waals surface area contributed by atoms with Gasteiger partial charge in [-0.15, -0.1) is 0 Å². The summed E-state index contributed by atoms with van der Waals surface area (Å²) in [6.07, 6.45) is 1.84. The molecule has 0 aliphatic heterocycles. The lowest BCUT2D eigenvalue weighted by atomic mass is 10.1. The van der Waals surface area contributed by atoms with Gasteiger partial charge in [-0.2, -0.15) is 0 Å². The Hall–Kier alpha value is -2.26. The average molecular weight is 277 g/mol. The second-order valence-corrected chi connectivity index (χ2v) is 5.36. The van der Waals surface area contributed by atoms with Gasteiger partial charge in [-0.05, 0) is 31.5 Å². The first-order valence-corrected chi connectivity index (χ1v) is 7.23. The number of aryl methyl sites for hydroxylation is 1. The predicted molar refractivity (Wildman–Crippen MR) is 86.0 cm³/mol. The molecule has 0 saturated heterocycles. The zero-order valence-electron chi connectivity index (χ0n) is 12.4. The van der Waals surface area contributed by atoms with Crippen molar-refractivity contribution in [3.8, 4) is 0 Å². The van der Waals surface area contributed by atoms with E-state index in [1.807, 2.05) is 30.5 Å². The third kappa shape index (κ3) is 3.26. The molecule has 0 bridgehead atoms. The Morgan fingerprint density at radius 2 is 1.71 bits per heavy atom. The highest BCUT2D eigenvalue weighted by molar-refractivity contribution is 5.73. The van der Waals surface area contributed by atoms with Crippen LogP contribution in [0, 0.1) is 6.92 Å². The van der Waals surface area contributed by atoms with Crippen molar-refractivity contribution in [1.82, 2.24) is 15.3 Å². The van der Waals surface area contributed by atoms with E-state index in [1.165, 1.54) is 11.1 Å². The van der Waals surface area contributed by atoms with Gasteiger partial charge in [0, 0.05) is 12.6 Å². The van der Waals surface area contributed by atoms with Crippen molar-refractivity contribution < 1.29 is 0 Å². The van der Waals surface area contributed by atoms with Gasteiger partial charge in [0.15, 0.2) is 0 Å². The lowest BCUT2D eigenvalue weighted by Gasteiger charge is -2.14. The van der Waals surface area contributed by atoms with Crippen LogP contribution in [0.2, 0.25) is 0 Å². The SMILES string of the molecule is Cc1ccc([C@H](C)NCc2cnc3ccccc3n2)cc1. The number of fused-ring (bicyclic) bond motifs is 1. The number of hydrogen-bond acceptors (Lipinski definition) is 3. The Morgan fingerprint density at radius 3 is 2.48 bits per heavy atom. The van der Waals surface area contributed by atoms with Crippen molar-refractivity contribution in [2.75, 3.05) is 0 Å². The topological polar surface area (TPSA) is 37.8 Å². The van der Waals surface area contributed by atoms with Gasteiger partial charge >= 0.3 is 0 Å². The van der Waals surface area contributed by atoms with Crippen molar-refractivity contribution in [2.45, 2.75) is 26.4 Å². The van der Waals surface area contributed by atoms with E-state index in [1.54, 1.807) is 0 Å². The number of hydrogen-bond donors (Lipinski definition) is 1. The second kappa shape index (κ2) is 6.02. The van der Waals surface area contributed by atoms with Crippen LogP contribution in [0.25, 0.3) is 11.0 Å². The van der Waals surface area contributed by atoms with Crippen LogP contribution >= 0.6 is 0 Å². The number of benzene rings is 2. The van der Waals surface area contributed by atoms with E-state index in [-0.39, 0.29) is 0 Å². The molecule has 1 atom stereocenters. The van der Waals surface area contributed by atoms with Gasteiger partial charge in [0.2, 0.25) is 0 Å². The minimum Gasteiger partial charge on any atom is -0.305 e. The Labute approximate surface area is 125 Å². The van der Waals surface area contributed by atoms with Crippen LogP contribution in [0.5, 0.6) is 0 Å². The van der Waals surface area contributed by atoms with Gasteiger partial charge < -0.3 is 5.32 Å². The van der Waals surface area contributed by atoms with Crippen LogP contribution in [0.4, 0.5) is 0 Å². The van der Waals surface area contributed by atoms with Crippen molar-refractivity contribution in [2.24, 2.45) is 0 Å². The quantitative estimate of drug-likeness (QED) is 0.788. The summed E-state index contributed by atoms with van der Waals surface area (Å²) in [5.74, 6) is 0. The van der Waals surface area contributed by atoms with E-state index in [2.05, 4.69) is 53.4 Å². The highest BCUT2D eigenvalue weighted by Crippen LogP contribution is 2.14. The zero-order valence-corrected chi connectivity index (χ0v) is 12.4. The van der Waals surface area contributed by atoms with Gasteiger partial charge in [-0.3, -0.25) is 4.98 Å². The molecule has 0 amide bonds. The number of para-hydroxylation sites is 2. The molecule has 0 aliphatic carbocycles. The standard InChI is InChI=1S/C18H19N3/c1-13-7-9-15(10-8-13)14(2)19-11-16-12-20-17-5-3-4-6-18(17)21-16/h3-10,12,14,19H,11H2,1-2H3/t14-/m0/s1.